The highest BCUT2D eigenvalue weighted by Crippen LogP contribution is 2.38. The molecule has 0 aromatic carbocycles. The standard InChI is InChI=1S/C45H73NO15/c1-13-34-32(23-48)19-25(4)14-15-33(50)26(5)20-31(16-17-47)41(27(6)35(57-30(9)49)21-37(52)58-34)61-44-40(53)39(46(11)12)42(28(7)56-44)60-38-22-45(10,54)43(29(8)55-38)59-36(51)18-24(2)3/h14-15,17,19,24,26-29,31-32,34-35,38-44,48,53-54H,13,16,18,20-23H2,1-12H3/b15-14+,25-19+/t26-,27+,28?,29?,31+,32-,34-,35-,38?,39?,40?,41-,42?,43?,44?,45?/m1/s1. The second-order valence-electron chi connectivity index (χ2n) is 18.1. The van der Waals surface area contributed by atoms with Crippen LogP contribution >= 0.6 is 0 Å². The average molecular weight is 868 g/mol. The van der Waals surface area contributed by atoms with Gasteiger partial charge in [0.1, 0.15) is 36.3 Å². The highest BCUT2D eigenvalue weighted by molar-refractivity contribution is 5.91. The maximum Gasteiger partial charge on any atom is 0.309 e. The van der Waals surface area contributed by atoms with Crippen molar-refractivity contribution in [2.45, 2.75) is 181 Å². The largest absolute Gasteiger partial charge is 0.462 e. The number of nitrogens with zero attached hydrogens (tertiary/aromatic N) is 1. The fourth-order valence-electron chi connectivity index (χ4n) is 8.77. The highest BCUT2D eigenvalue weighted by atomic mass is 16.7. The van der Waals surface area contributed by atoms with Crippen molar-refractivity contribution in [3.8, 4) is 0 Å². The van der Waals surface area contributed by atoms with Crippen molar-refractivity contribution in [3.63, 3.8) is 0 Å². The first kappa shape index (κ1) is 52.3. The summed E-state index contributed by atoms with van der Waals surface area (Å²) in [5.41, 5.74) is -0.831. The fourth-order valence-corrected chi connectivity index (χ4v) is 8.77. The number of aldehydes is 1. The van der Waals surface area contributed by atoms with Crippen LogP contribution in [0.4, 0.5) is 0 Å². The van der Waals surface area contributed by atoms with Crippen LogP contribution in [0.25, 0.3) is 0 Å². The summed E-state index contributed by atoms with van der Waals surface area (Å²) in [6, 6.07) is -0.781. The summed E-state index contributed by atoms with van der Waals surface area (Å²) in [4.78, 5) is 66.3. The first-order valence-electron chi connectivity index (χ1n) is 21.7. The second kappa shape index (κ2) is 23.6. The SMILES string of the molecule is CC[C@H]1OC(=O)C[C@@H](OC(C)=O)[C@H](C)[C@@H](OC2OC(C)C(OC3CC(C)(O)C(OC(=O)CC(C)C)C(C)O3)C(N(C)C)C2O)[C@@H](CC=O)C[C@@H](C)C(=O)/C=C/C(C)=C/[C@@H]1CO. The Balaban J connectivity index is 1.99. The molecule has 61 heavy (non-hydrogen) atoms. The van der Waals surface area contributed by atoms with Gasteiger partial charge in [0.25, 0.3) is 0 Å². The quantitative estimate of drug-likeness (QED) is 0.136. The summed E-state index contributed by atoms with van der Waals surface area (Å²) in [6.07, 6.45) is -4.13. The average Bonchev–Trinajstić information content (AvgIpc) is 3.15. The Kier molecular flexibility index (Phi) is 20.2. The molecule has 3 heterocycles. The molecule has 3 N–H and O–H groups in total. The van der Waals surface area contributed by atoms with Crippen LogP contribution in [0.15, 0.2) is 23.8 Å². The van der Waals surface area contributed by atoms with Gasteiger partial charge in [0.2, 0.25) is 0 Å². The molecule has 0 saturated carbocycles. The minimum atomic E-state index is -1.51. The number of ether oxygens (including phenoxy) is 7. The number of cyclic esters (lactones) is 1. The molecule has 16 nitrogen and oxygen atoms in total. The molecule has 16 heteroatoms. The summed E-state index contributed by atoms with van der Waals surface area (Å²) >= 11 is 0. The molecule has 3 aliphatic rings. The number of rotatable bonds is 13. The number of carbonyl (C=O) groups excluding carboxylic acids is 5. The molecule has 0 aliphatic carbocycles. The smallest absolute Gasteiger partial charge is 0.309 e. The van der Waals surface area contributed by atoms with Crippen LogP contribution in [0.1, 0.15) is 108 Å². The lowest BCUT2D eigenvalue weighted by molar-refractivity contribution is -0.342. The Hall–Kier alpha value is -3.09. The molecule has 348 valence electrons. The number of aliphatic hydroxyl groups is 3. The van der Waals surface area contributed by atoms with Crippen LogP contribution in [0.3, 0.4) is 0 Å². The predicted molar refractivity (Wildman–Crippen MR) is 222 cm³/mol. The van der Waals surface area contributed by atoms with Crippen LogP contribution in [-0.4, -0.2) is 144 Å². The first-order valence-corrected chi connectivity index (χ1v) is 21.7. The fraction of sp³-hybridized carbons (Fsp3) is 0.800. The molecule has 0 radical (unpaired) electrons. The van der Waals surface area contributed by atoms with Gasteiger partial charge in [-0.3, -0.25) is 19.2 Å². The van der Waals surface area contributed by atoms with Gasteiger partial charge < -0.3 is 58.2 Å². The van der Waals surface area contributed by atoms with E-state index in [0.29, 0.717) is 18.3 Å². The van der Waals surface area contributed by atoms with Crippen LogP contribution in [0.2, 0.25) is 0 Å². The summed E-state index contributed by atoms with van der Waals surface area (Å²) in [6.45, 7) is 16.7. The number of carbonyl (C=O) groups is 5. The van der Waals surface area contributed by atoms with Crippen LogP contribution in [-0.2, 0) is 57.1 Å². The van der Waals surface area contributed by atoms with E-state index in [-0.39, 0.29) is 50.4 Å². The molecular formula is C45H73NO15. The number of allylic oxidation sites excluding steroid dienone is 3. The third-order valence-electron chi connectivity index (χ3n) is 11.9. The Bertz CT molecular complexity index is 1530. The molecule has 0 aromatic heterocycles. The van der Waals surface area contributed by atoms with Gasteiger partial charge in [0.15, 0.2) is 24.5 Å². The van der Waals surface area contributed by atoms with Crippen molar-refractivity contribution in [1.82, 2.24) is 4.90 Å². The Morgan fingerprint density at radius 1 is 1.03 bits per heavy atom. The van der Waals surface area contributed by atoms with Crippen molar-refractivity contribution < 1.29 is 72.5 Å². The predicted octanol–water partition coefficient (Wildman–Crippen LogP) is 3.84. The lowest BCUT2D eigenvalue weighted by Crippen LogP contribution is -2.65. The van der Waals surface area contributed by atoms with E-state index in [0.717, 1.165) is 0 Å². The molecule has 0 aromatic rings. The molecule has 16 atom stereocenters. The van der Waals surface area contributed by atoms with Gasteiger partial charge in [-0.1, -0.05) is 52.3 Å². The van der Waals surface area contributed by atoms with Crippen molar-refractivity contribution in [2.75, 3.05) is 20.7 Å². The normalized spacial score (nSPS) is 39.8. The van der Waals surface area contributed by atoms with Crippen LogP contribution < -0.4 is 0 Å². The molecule has 0 bridgehead atoms. The van der Waals surface area contributed by atoms with E-state index >= 15 is 0 Å². The Morgan fingerprint density at radius 3 is 2.26 bits per heavy atom. The molecule has 0 spiro atoms. The van der Waals surface area contributed by atoms with Crippen molar-refractivity contribution in [1.29, 1.82) is 0 Å². The number of hydrogen-bond acceptors (Lipinski definition) is 16. The van der Waals surface area contributed by atoms with Gasteiger partial charge >= 0.3 is 17.9 Å². The second-order valence-corrected chi connectivity index (χ2v) is 18.1. The molecule has 3 rings (SSSR count). The van der Waals surface area contributed by atoms with Gasteiger partial charge in [0.05, 0.1) is 37.4 Å². The summed E-state index contributed by atoms with van der Waals surface area (Å²) in [5, 5.41) is 33.8. The maximum absolute atomic E-state index is 13.6. The van der Waals surface area contributed by atoms with Crippen molar-refractivity contribution in [3.05, 3.63) is 23.8 Å². The zero-order chi connectivity index (χ0) is 45.9. The lowest BCUT2D eigenvalue weighted by Gasteiger charge is -2.50. The van der Waals surface area contributed by atoms with Gasteiger partial charge in [-0.2, -0.15) is 0 Å². The van der Waals surface area contributed by atoms with E-state index < -0.39 is 115 Å². The minimum Gasteiger partial charge on any atom is -0.462 e. The molecule has 2 saturated heterocycles. The zero-order valence-corrected chi connectivity index (χ0v) is 38.2. The van der Waals surface area contributed by atoms with E-state index in [1.54, 1.807) is 72.7 Å². The van der Waals surface area contributed by atoms with Gasteiger partial charge in [-0.05, 0) is 72.5 Å². The number of aliphatic hydroxyl groups excluding tert-OH is 2. The summed E-state index contributed by atoms with van der Waals surface area (Å²) in [7, 11) is 3.50. The van der Waals surface area contributed by atoms with E-state index in [1.165, 1.54) is 13.0 Å². The van der Waals surface area contributed by atoms with E-state index in [9.17, 15) is 39.3 Å². The number of likely N-dealkylation sites (N-methyl/N-ethyl adjacent to an activating group) is 1. The minimum absolute atomic E-state index is 0.0507. The van der Waals surface area contributed by atoms with E-state index in [1.807, 2.05) is 20.8 Å². The van der Waals surface area contributed by atoms with Crippen LogP contribution in [0, 0.1) is 29.6 Å². The van der Waals surface area contributed by atoms with Gasteiger partial charge in [-0.15, -0.1) is 0 Å². The molecular weight excluding hydrogens is 794 g/mol. The third-order valence-corrected chi connectivity index (χ3v) is 11.9. The van der Waals surface area contributed by atoms with Crippen LogP contribution in [0.5, 0.6) is 0 Å². The molecule has 0 amide bonds. The van der Waals surface area contributed by atoms with E-state index in [4.69, 9.17) is 33.2 Å². The molecule has 3 aliphatic heterocycles. The number of hydrogen-bond donors (Lipinski definition) is 3. The summed E-state index contributed by atoms with van der Waals surface area (Å²) in [5.74, 6) is -4.62. The maximum atomic E-state index is 13.6. The zero-order valence-electron chi connectivity index (χ0n) is 38.2. The van der Waals surface area contributed by atoms with Gasteiger partial charge in [-0.25, -0.2) is 0 Å². The monoisotopic (exact) mass is 867 g/mol. The Morgan fingerprint density at radius 2 is 1.70 bits per heavy atom. The Labute approximate surface area is 361 Å². The third kappa shape index (κ3) is 14.7. The van der Waals surface area contributed by atoms with Crippen molar-refractivity contribution in [2.24, 2.45) is 29.6 Å². The molecule has 9 unspecified atom stereocenters. The molecule has 2 fully saturated rings. The van der Waals surface area contributed by atoms with Gasteiger partial charge in [0, 0.05) is 43.9 Å². The number of esters is 3. The highest BCUT2D eigenvalue weighted by Gasteiger charge is 2.52. The van der Waals surface area contributed by atoms with Crippen molar-refractivity contribution >= 4 is 30.0 Å². The van der Waals surface area contributed by atoms with E-state index in [2.05, 4.69) is 0 Å². The topological polar surface area (TPSA) is 214 Å². The first-order chi connectivity index (χ1) is 28.5. The summed E-state index contributed by atoms with van der Waals surface area (Å²) < 4.78 is 43.0. The lowest BCUT2D eigenvalue weighted by atomic mass is 9.79. The number of ketones is 1.